The number of allylic oxidation sites excluding steroid dienone is 8. The van der Waals surface area contributed by atoms with Crippen molar-refractivity contribution in [2.45, 2.75) is 44.8 Å². The fourth-order valence-electron chi connectivity index (χ4n) is 2.85. The van der Waals surface area contributed by atoms with Crippen molar-refractivity contribution >= 4 is 16.0 Å². The van der Waals surface area contributed by atoms with Crippen molar-refractivity contribution in [3.05, 3.63) is 59.3 Å². The first kappa shape index (κ1) is 22.1. The van der Waals surface area contributed by atoms with Crippen LogP contribution < -0.4 is 0 Å². The summed E-state index contributed by atoms with van der Waals surface area (Å²) in [6, 6.07) is 0. The third-order valence-corrected chi connectivity index (χ3v) is 7.02. The van der Waals surface area contributed by atoms with Crippen molar-refractivity contribution in [2.24, 2.45) is 0 Å². The van der Waals surface area contributed by atoms with Crippen LogP contribution in [0.2, 0.25) is 0 Å². The Morgan fingerprint density at radius 3 is 2.46 bits per heavy atom. The topological polar surface area (TPSA) is 74.7 Å². The Balaban J connectivity index is 3.01. The number of rotatable bonds is 7. The van der Waals surface area contributed by atoms with Crippen LogP contribution in [0.15, 0.2) is 59.3 Å². The molecule has 0 fully saturated rings. The molecule has 0 bridgehead atoms. The maximum Gasteiger partial charge on any atom is 0.328 e. The average Bonchev–Trinajstić information content (AvgIpc) is 2.53. The highest BCUT2D eigenvalue weighted by Crippen LogP contribution is 2.38. The molecule has 0 radical (unpaired) electrons. The number of carboxylic acids is 1. The minimum Gasteiger partial charge on any atom is -0.478 e. The summed E-state index contributed by atoms with van der Waals surface area (Å²) in [6.07, 6.45) is 14.6. The summed E-state index contributed by atoms with van der Waals surface area (Å²) in [5, 5.41) is 8.68. The molecule has 0 aromatic carbocycles. The molecule has 0 unspecified atom stereocenters. The lowest BCUT2D eigenvalue weighted by Gasteiger charge is -2.35. The highest BCUT2D eigenvalue weighted by molar-refractivity contribution is 7.90. The van der Waals surface area contributed by atoms with Gasteiger partial charge in [-0.05, 0) is 51.2 Å². The van der Waals surface area contributed by atoms with Crippen LogP contribution >= 0.6 is 0 Å². The molecule has 1 aliphatic carbocycles. The third kappa shape index (κ3) is 5.54. The maximum absolute atomic E-state index is 12.8. The number of sulfonamides is 1. The Morgan fingerprint density at radius 1 is 1.23 bits per heavy atom. The Bertz CT molecular complexity index is 783. The summed E-state index contributed by atoms with van der Waals surface area (Å²) in [7, 11) is -0.281. The Labute approximate surface area is 157 Å². The molecule has 1 N–H and O–H groups in total. The van der Waals surface area contributed by atoms with Crippen molar-refractivity contribution in [3.63, 3.8) is 0 Å². The van der Waals surface area contributed by atoms with Crippen molar-refractivity contribution in [3.8, 4) is 0 Å². The van der Waals surface area contributed by atoms with E-state index in [2.05, 4.69) is 0 Å². The van der Waals surface area contributed by atoms with Gasteiger partial charge in [0.05, 0.1) is 0 Å². The molecule has 0 aromatic heterocycles. The second-order valence-corrected chi connectivity index (χ2v) is 9.48. The van der Waals surface area contributed by atoms with Gasteiger partial charge in [-0.1, -0.05) is 42.0 Å². The molecule has 0 aliphatic heterocycles. The van der Waals surface area contributed by atoms with E-state index in [1.807, 2.05) is 31.2 Å². The lowest BCUT2D eigenvalue weighted by atomic mass is 9.87. The predicted octanol–water partition coefficient (Wildman–Crippen LogP) is 3.84. The Kier molecular flexibility index (Phi) is 7.78. The standard InChI is InChI=1S/C20H29NO4S/c1-16(9-8-10-17(2)15-19(22)23)12-13-18-11-6-7-14-20(18,3)26(24,25)21(4)5/h8-13,15H,6-7,14H2,1-5H3,(H,22,23)/b10-8+,13-12+,16-9+,17-15+/t20-/m0/s1. The minimum absolute atomic E-state index is 0.603. The molecule has 0 saturated heterocycles. The van der Waals surface area contributed by atoms with Crippen LogP contribution in [-0.2, 0) is 14.8 Å². The van der Waals surface area contributed by atoms with Crippen LogP contribution in [-0.4, -0.2) is 42.6 Å². The summed E-state index contributed by atoms with van der Waals surface area (Å²) in [4.78, 5) is 10.6. The highest BCUT2D eigenvalue weighted by Gasteiger charge is 2.43. The van der Waals surface area contributed by atoms with Crippen molar-refractivity contribution < 1.29 is 18.3 Å². The van der Waals surface area contributed by atoms with Gasteiger partial charge in [0.1, 0.15) is 4.75 Å². The van der Waals surface area contributed by atoms with Gasteiger partial charge in [0.25, 0.3) is 0 Å². The lowest BCUT2D eigenvalue weighted by Crippen LogP contribution is -2.45. The zero-order valence-electron chi connectivity index (χ0n) is 16.2. The van der Waals surface area contributed by atoms with Gasteiger partial charge in [0.15, 0.2) is 0 Å². The van der Waals surface area contributed by atoms with E-state index >= 15 is 0 Å². The fourth-order valence-corrected chi connectivity index (χ4v) is 4.51. The first-order chi connectivity index (χ1) is 12.0. The molecular formula is C20H29NO4S. The van der Waals surface area contributed by atoms with Crippen molar-refractivity contribution in [1.29, 1.82) is 0 Å². The quantitative estimate of drug-likeness (QED) is 0.539. The van der Waals surface area contributed by atoms with Crippen LogP contribution in [0.4, 0.5) is 0 Å². The van der Waals surface area contributed by atoms with Gasteiger partial charge in [-0.25, -0.2) is 17.5 Å². The smallest absolute Gasteiger partial charge is 0.328 e. The largest absolute Gasteiger partial charge is 0.478 e. The van der Waals surface area contributed by atoms with E-state index in [0.717, 1.165) is 30.1 Å². The van der Waals surface area contributed by atoms with E-state index in [4.69, 9.17) is 5.11 Å². The van der Waals surface area contributed by atoms with Crippen LogP contribution in [0.5, 0.6) is 0 Å². The van der Waals surface area contributed by atoms with Gasteiger partial charge in [-0.2, -0.15) is 0 Å². The van der Waals surface area contributed by atoms with Crippen molar-refractivity contribution in [1.82, 2.24) is 4.31 Å². The normalized spacial score (nSPS) is 23.1. The van der Waals surface area contributed by atoms with Gasteiger partial charge in [-0.3, -0.25) is 0 Å². The summed E-state index contributed by atoms with van der Waals surface area (Å²) in [5.41, 5.74) is 2.40. The molecule has 0 spiro atoms. The van der Waals surface area contributed by atoms with E-state index in [1.165, 1.54) is 4.31 Å². The first-order valence-electron chi connectivity index (χ1n) is 8.57. The molecule has 1 atom stereocenters. The Morgan fingerprint density at radius 2 is 1.88 bits per heavy atom. The second kappa shape index (κ2) is 9.14. The fraction of sp³-hybridized carbons (Fsp3) is 0.450. The molecule has 1 aliphatic rings. The zero-order valence-corrected chi connectivity index (χ0v) is 17.0. The van der Waals surface area contributed by atoms with Gasteiger partial charge < -0.3 is 5.11 Å². The van der Waals surface area contributed by atoms with Crippen LogP contribution in [0.25, 0.3) is 0 Å². The third-order valence-electron chi connectivity index (χ3n) is 4.48. The molecule has 0 heterocycles. The van der Waals surface area contributed by atoms with E-state index in [1.54, 1.807) is 40.1 Å². The summed E-state index contributed by atoms with van der Waals surface area (Å²) in [5.74, 6) is -0.974. The van der Waals surface area contributed by atoms with E-state index in [9.17, 15) is 13.2 Å². The second-order valence-electron chi connectivity index (χ2n) is 6.90. The number of carbonyl (C=O) groups is 1. The predicted molar refractivity (Wildman–Crippen MR) is 106 cm³/mol. The molecule has 0 saturated carbocycles. The zero-order chi connectivity index (χ0) is 20.0. The molecule has 1 rings (SSSR count). The Hall–Kier alpha value is -1.92. The SMILES string of the molecule is CC(/C=C/C1=CCCC[C@]1(C)S(=O)(=O)N(C)C)=C\C=C\C(C)=C\C(=O)O. The van der Waals surface area contributed by atoms with Crippen molar-refractivity contribution in [2.75, 3.05) is 14.1 Å². The molecule has 0 aromatic rings. The number of hydrogen-bond acceptors (Lipinski definition) is 3. The van der Waals surface area contributed by atoms with Crippen LogP contribution in [0.3, 0.4) is 0 Å². The van der Waals surface area contributed by atoms with Crippen LogP contribution in [0, 0.1) is 0 Å². The van der Waals surface area contributed by atoms with Crippen LogP contribution in [0.1, 0.15) is 40.0 Å². The summed E-state index contributed by atoms with van der Waals surface area (Å²) >= 11 is 0. The number of carboxylic acid groups (broad SMARTS) is 1. The van der Waals surface area contributed by atoms with E-state index in [0.29, 0.717) is 12.0 Å². The minimum atomic E-state index is -3.42. The van der Waals surface area contributed by atoms with E-state index in [-0.39, 0.29) is 0 Å². The summed E-state index contributed by atoms with van der Waals surface area (Å²) < 4.78 is 25.9. The molecular weight excluding hydrogens is 350 g/mol. The average molecular weight is 380 g/mol. The van der Waals surface area contributed by atoms with Gasteiger partial charge >= 0.3 is 5.97 Å². The molecule has 144 valence electrons. The molecule has 5 nitrogen and oxygen atoms in total. The first-order valence-corrected chi connectivity index (χ1v) is 10.0. The monoisotopic (exact) mass is 379 g/mol. The molecule has 26 heavy (non-hydrogen) atoms. The highest BCUT2D eigenvalue weighted by atomic mass is 32.2. The van der Waals surface area contributed by atoms with Gasteiger partial charge in [0, 0.05) is 20.2 Å². The van der Waals surface area contributed by atoms with Gasteiger partial charge in [0.2, 0.25) is 10.0 Å². The number of aliphatic carboxylic acids is 1. The molecule has 6 heteroatoms. The number of hydrogen-bond donors (Lipinski definition) is 1. The van der Waals surface area contributed by atoms with E-state index < -0.39 is 20.7 Å². The molecule has 0 amide bonds. The lowest BCUT2D eigenvalue weighted by molar-refractivity contribution is -0.131. The summed E-state index contributed by atoms with van der Waals surface area (Å²) in [6.45, 7) is 5.42. The van der Waals surface area contributed by atoms with Gasteiger partial charge in [-0.15, -0.1) is 0 Å². The number of nitrogens with zero attached hydrogens (tertiary/aromatic N) is 1. The maximum atomic E-state index is 12.8.